The summed E-state index contributed by atoms with van der Waals surface area (Å²) in [5.74, 6) is 4.27. The first-order valence-electron chi connectivity index (χ1n) is 48.9. The summed E-state index contributed by atoms with van der Waals surface area (Å²) in [7, 11) is 4.98. The summed E-state index contributed by atoms with van der Waals surface area (Å²) < 4.78 is 21.5. The van der Waals surface area contributed by atoms with E-state index in [-0.39, 0.29) is 0 Å². The number of nitrogens with zero attached hydrogens (tertiary/aromatic N) is 3. The van der Waals surface area contributed by atoms with Crippen molar-refractivity contribution in [1.82, 2.24) is 9.97 Å². The summed E-state index contributed by atoms with van der Waals surface area (Å²) in [4.78, 5) is 16.9. The molecule has 0 unspecified atom stereocenters. The van der Waals surface area contributed by atoms with E-state index in [1.807, 2.05) is 85.4 Å². The highest BCUT2D eigenvalue weighted by Crippen LogP contribution is 2.53. The average Bonchev–Trinajstić information content (AvgIpc) is 1.75. The van der Waals surface area contributed by atoms with Gasteiger partial charge in [-0.15, -0.1) is 0 Å². The van der Waals surface area contributed by atoms with Crippen LogP contribution in [0.3, 0.4) is 0 Å². The van der Waals surface area contributed by atoms with Crippen molar-refractivity contribution >= 4 is 123 Å². The van der Waals surface area contributed by atoms with Crippen LogP contribution in [0.15, 0.2) is 483 Å². The molecular formula is C131H112N6O4S. The lowest BCUT2D eigenvalue weighted by atomic mass is 9.85. The Morgan fingerprint density at radius 2 is 0.662 bits per heavy atom. The van der Waals surface area contributed by atoms with E-state index < -0.39 is 0 Å². The van der Waals surface area contributed by atoms with Crippen LogP contribution < -0.4 is 39.0 Å². The van der Waals surface area contributed by atoms with E-state index >= 15 is 0 Å². The zero-order chi connectivity index (χ0) is 96.3. The zero-order valence-electron chi connectivity index (χ0n) is 80.6. The van der Waals surface area contributed by atoms with Gasteiger partial charge in [0, 0.05) is 95.8 Å². The average molecular weight is 1870 g/mol. The van der Waals surface area contributed by atoms with Crippen molar-refractivity contribution in [3.63, 3.8) is 0 Å². The molecule has 0 saturated heterocycles. The van der Waals surface area contributed by atoms with Crippen molar-refractivity contribution in [2.45, 2.75) is 55.7 Å². The third kappa shape index (κ3) is 20.6. The predicted octanol–water partition coefficient (Wildman–Crippen LogP) is 33.9. The van der Waals surface area contributed by atoms with Gasteiger partial charge in [0.2, 0.25) is 0 Å². The van der Waals surface area contributed by atoms with Crippen LogP contribution in [-0.2, 0) is 19.3 Å². The Morgan fingerprint density at radius 3 is 1.10 bits per heavy atom. The largest absolute Gasteiger partial charge is 0.497 e. The second kappa shape index (κ2) is 44.2. The highest BCUT2D eigenvalue weighted by atomic mass is 32.2. The van der Waals surface area contributed by atoms with Gasteiger partial charge in [-0.1, -0.05) is 351 Å². The standard InChI is InChI=1S/C52H37N.C18H13NO.C18H13NS.C14H13NO.C12H15N.C9H12O2.C8H9N/c1-7-19-37(20-8-1)49(38-21-9-2-10-22-38)51(41-27-15-5-16-28-41)43-31-33-47-45(35-43)46-36-44(32-34-48(46)53-47)52(42-29-17-6-18-30-42)50(39-23-11-3-12-24-39)40-25-13-4-14-26-40;2*1-2-8-14(9-3-1)19-15-10-4-6-12-17(15)20-18-13-7-5-11-16(18)19;1-9-3-5-13-11(7-9)12-8-10(16-2)4-6-14(12)15-13;1-4-10-6-2-8-13-9-3-7-11(5-1)12(10)13;1-7-5-4-6-8(10-2)9(7)11-3;1-2-4-8-7(3-1)5-6-9-8/h1-36,53H;2*1-13H;3-8,15H,1-2H3;1,4-5H,2-3,6-9H2;4-6H,1-3H3;1-4,9H,5-6H2. The topological polar surface area (TPSA) is 90.2 Å². The van der Waals surface area contributed by atoms with Gasteiger partial charge in [-0.05, 0) is 275 Å². The molecule has 21 aromatic rings. The van der Waals surface area contributed by atoms with Crippen molar-refractivity contribution in [2.24, 2.45) is 0 Å². The zero-order valence-corrected chi connectivity index (χ0v) is 81.4. The summed E-state index contributed by atoms with van der Waals surface area (Å²) in [6, 6.07) is 166. The Balaban J connectivity index is 0.000000114. The maximum absolute atomic E-state index is 5.99. The molecule has 7 heterocycles. The molecule has 2 aromatic heterocycles. The fourth-order valence-electron chi connectivity index (χ4n) is 19.9. The summed E-state index contributed by atoms with van der Waals surface area (Å²) in [5, 5.41) is 8.17. The fourth-order valence-corrected chi connectivity index (χ4v) is 21.0. The third-order valence-corrected chi connectivity index (χ3v) is 27.6. The molecule has 696 valence electrons. The number of aromatic nitrogens is 2. The molecule has 10 nitrogen and oxygen atoms in total. The highest BCUT2D eigenvalue weighted by molar-refractivity contribution is 7.99. The summed E-state index contributed by atoms with van der Waals surface area (Å²) in [6.07, 6.45) is 6.46. The summed E-state index contributed by atoms with van der Waals surface area (Å²) >= 11 is 1.84. The molecule has 0 aliphatic carbocycles. The van der Waals surface area contributed by atoms with Crippen LogP contribution in [0.2, 0.25) is 0 Å². The van der Waals surface area contributed by atoms with Crippen LogP contribution in [0.1, 0.15) is 85.2 Å². The van der Waals surface area contributed by atoms with Gasteiger partial charge in [0.1, 0.15) is 5.75 Å². The number of fused-ring (bicyclic) bond motifs is 11. The molecule has 3 N–H and O–H groups in total. The van der Waals surface area contributed by atoms with Gasteiger partial charge in [-0.25, -0.2) is 0 Å². The molecule has 0 spiro atoms. The van der Waals surface area contributed by atoms with E-state index in [4.69, 9.17) is 18.9 Å². The number of methoxy groups -OCH3 is 3. The van der Waals surface area contributed by atoms with Crippen LogP contribution in [0.25, 0.3) is 65.9 Å². The molecule has 5 aliphatic rings. The Kier molecular flexibility index (Phi) is 28.9. The first kappa shape index (κ1) is 92.7. The van der Waals surface area contributed by atoms with E-state index in [9.17, 15) is 0 Å². The van der Waals surface area contributed by atoms with E-state index in [2.05, 4.69) is 443 Å². The molecule has 0 atom stereocenters. The molecule has 0 bridgehead atoms. The van der Waals surface area contributed by atoms with E-state index in [1.165, 1.54) is 183 Å². The molecule has 19 aromatic carbocycles. The molecular weight excluding hydrogens is 1750 g/mol. The third-order valence-electron chi connectivity index (χ3n) is 26.5. The Bertz CT molecular complexity index is 7420. The summed E-state index contributed by atoms with van der Waals surface area (Å²) in [5.41, 5.74) is 35.7. The number of aryl methyl sites for hydroxylation is 4. The van der Waals surface area contributed by atoms with E-state index in [1.54, 1.807) is 38.1 Å². The highest BCUT2D eigenvalue weighted by Gasteiger charge is 2.29. The van der Waals surface area contributed by atoms with E-state index in [0.717, 1.165) is 74.5 Å². The Labute approximate surface area is 837 Å². The molecule has 0 saturated carbocycles. The lowest BCUT2D eigenvalue weighted by molar-refractivity contribution is 0.353. The number of hydrogen-bond acceptors (Lipinski definition) is 9. The molecule has 142 heavy (non-hydrogen) atoms. The lowest BCUT2D eigenvalue weighted by Gasteiger charge is -2.36. The number of hydrogen-bond donors (Lipinski definition) is 3. The minimum absolute atomic E-state index is 0.785. The molecule has 0 radical (unpaired) electrons. The van der Waals surface area contributed by atoms with Crippen LogP contribution in [0.5, 0.6) is 28.7 Å². The van der Waals surface area contributed by atoms with Crippen LogP contribution in [-0.4, -0.2) is 50.9 Å². The van der Waals surface area contributed by atoms with Gasteiger partial charge >= 0.3 is 0 Å². The van der Waals surface area contributed by atoms with Gasteiger partial charge in [0.15, 0.2) is 23.0 Å². The summed E-state index contributed by atoms with van der Waals surface area (Å²) in [6.45, 7) is 7.77. The van der Waals surface area contributed by atoms with Crippen molar-refractivity contribution < 1.29 is 18.9 Å². The van der Waals surface area contributed by atoms with Gasteiger partial charge in [-0.2, -0.15) is 0 Å². The van der Waals surface area contributed by atoms with Gasteiger partial charge in [0.05, 0.1) is 44.1 Å². The van der Waals surface area contributed by atoms with Crippen LogP contribution in [0, 0.1) is 13.8 Å². The molecule has 11 heteroatoms. The Hall–Kier alpha value is -17.0. The number of H-pyrrole nitrogens is 2. The number of para-hydroxylation sites is 11. The molecule has 0 amide bonds. The number of rotatable bonds is 13. The monoisotopic (exact) mass is 1860 g/mol. The number of ether oxygens (including phenoxy) is 4. The Morgan fingerprint density at radius 1 is 0.296 bits per heavy atom. The number of aromatic amines is 2. The van der Waals surface area contributed by atoms with Crippen LogP contribution >= 0.6 is 11.8 Å². The molecule has 26 rings (SSSR count). The second-order valence-corrected chi connectivity index (χ2v) is 36.7. The van der Waals surface area contributed by atoms with Gasteiger partial charge < -0.3 is 48.9 Å². The smallest absolute Gasteiger partial charge is 0.163 e. The van der Waals surface area contributed by atoms with Crippen LogP contribution in [0.4, 0.5) is 45.5 Å². The second-order valence-electron chi connectivity index (χ2n) is 35.6. The van der Waals surface area contributed by atoms with Crippen molar-refractivity contribution in [1.29, 1.82) is 0 Å². The maximum Gasteiger partial charge on any atom is 0.163 e. The van der Waals surface area contributed by atoms with E-state index in [0.29, 0.717) is 0 Å². The lowest BCUT2D eigenvalue weighted by Crippen LogP contribution is -2.34. The quantitative estimate of drug-likeness (QED) is 0.0977. The SMILES string of the molecule is COc1ccc2[nH]c3ccc(C)cc3c2c1.COc1cccc(C)c1OC.c1cc2c3c(c1)CCCN3CCC2.c1ccc(C(=C(c2ccccc2)c2ccc3[nH]c4ccc(C(=C(c5ccccc5)c5ccccc5)c5ccccc5)cc4c3c2)c2ccccc2)cc1.c1ccc(N2c3ccccc3Oc3ccccc32)cc1.c1ccc(N2c3ccccc3Sc3ccccc32)cc1.c1ccc2c(c1)CCN2. The van der Waals surface area contributed by atoms with Gasteiger partial charge in [-0.3, -0.25) is 0 Å². The minimum Gasteiger partial charge on any atom is -0.497 e. The number of nitrogens with one attached hydrogen (secondary N) is 3. The first-order valence-corrected chi connectivity index (χ1v) is 49.7. The van der Waals surface area contributed by atoms with Crippen molar-refractivity contribution in [3.05, 3.63) is 546 Å². The molecule has 5 aliphatic heterocycles. The predicted molar refractivity (Wildman–Crippen MR) is 596 cm³/mol. The van der Waals surface area contributed by atoms with Crippen molar-refractivity contribution in [3.8, 4) is 28.7 Å². The number of benzene rings is 19. The molecule has 0 fully saturated rings. The fraction of sp³-hybridized carbons (Fsp3) is 0.0992. The maximum atomic E-state index is 5.99. The minimum atomic E-state index is 0.785. The number of anilines is 8. The van der Waals surface area contributed by atoms with Gasteiger partial charge in [0.25, 0.3) is 0 Å². The normalized spacial score (nSPS) is 12.4. The first-order chi connectivity index (χ1) is 70.2. The van der Waals surface area contributed by atoms with Crippen molar-refractivity contribution in [2.75, 3.05) is 61.0 Å².